The molecule has 0 aliphatic rings. The van der Waals surface area contributed by atoms with Crippen molar-refractivity contribution in [1.29, 1.82) is 0 Å². The molecule has 0 bridgehead atoms. The van der Waals surface area contributed by atoms with E-state index in [9.17, 15) is 0 Å². The molecular formula is C6H13OTb-. The summed E-state index contributed by atoms with van der Waals surface area (Å²) in [5.41, 5.74) is 0. The Kier molecular flexibility index (Phi) is 16.6. The summed E-state index contributed by atoms with van der Waals surface area (Å²) in [6.07, 6.45) is 3.37. The fourth-order valence-corrected chi connectivity index (χ4v) is 0.423. The zero-order valence-electron chi connectivity index (χ0n) is 5.28. The van der Waals surface area contributed by atoms with E-state index >= 15 is 0 Å². The van der Waals surface area contributed by atoms with Gasteiger partial charge in [-0.2, -0.15) is 6.42 Å². The molecule has 0 aromatic rings. The van der Waals surface area contributed by atoms with Crippen molar-refractivity contribution in [3.05, 3.63) is 6.92 Å². The summed E-state index contributed by atoms with van der Waals surface area (Å²) in [7, 11) is 1.73. The van der Waals surface area contributed by atoms with Crippen molar-refractivity contribution in [2.75, 3.05) is 13.7 Å². The second-order valence-electron chi connectivity index (χ2n) is 1.55. The third-order valence-electron chi connectivity index (χ3n) is 0.848. The largest absolute Gasteiger partial charge is 0.385 e. The first kappa shape index (κ1) is 12.0. The van der Waals surface area contributed by atoms with E-state index in [2.05, 4.69) is 6.92 Å². The normalized spacial score (nSPS) is 8.25. The van der Waals surface area contributed by atoms with Crippen molar-refractivity contribution >= 4 is 0 Å². The van der Waals surface area contributed by atoms with E-state index in [1.807, 2.05) is 0 Å². The standard InChI is InChI=1S/C6H13O.Tb/c1-3-4-5-6-7-2;/h1,3-6H2,2H3;/q-1;. The zero-order chi connectivity index (χ0) is 5.54. The van der Waals surface area contributed by atoms with Gasteiger partial charge in [0.25, 0.3) is 0 Å². The molecule has 8 heavy (non-hydrogen) atoms. The van der Waals surface area contributed by atoms with E-state index in [0.29, 0.717) is 0 Å². The molecule has 0 spiro atoms. The third-order valence-corrected chi connectivity index (χ3v) is 0.848. The average Bonchev–Trinajstić information content (AvgIpc) is 1.69. The smallest absolute Gasteiger partial charge is 0.0461 e. The van der Waals surface area contributed by atoms with Gasteiger partial charge in [-0.3, -0.25) is 0 Å². The summed E-state index contributed by atoms with van der Waals surface area (Å²) < 4.78 is 4.82. The fraction of sp³-hybridized carbons (Fsp3) is 0.833. The molecular weight excluding hydrogens is 247 g/mol. The molecule has 0 unspecified atom stereocenters. The Balaban J connectivity index is 0. The molecule has 0 heterocycles. The van der Waals surface area contributed by atoms with Crippen LogP contribution in [0.5, 0.6) is 0 Å². The number of methoxy groups -OCH3 is 1. The van der Waals surface area contributed by atoms with Crippen molar-refractivity contribution in [2.24, 2.45) is 0 Å². The van der Waals surface area contributed by atoms with Crippen LogP contribution < -0.4 is 0 Å². The minimum Gasteiger partial charge on any atom is -0.385 e. The first-order valence-electron chi connectivity index (χ1n) is 2.70. The molecule has 0 saturated carbocycles. The van der Waals surface area contributed by atoms with Gasteiger partial charge in [-0.25, -0.2) is 0 Å². The molecule has 0 N–H and O–H groups in total. The Morgan fingerprint density at radius 1 is 1.38 bits per heavy atom. The van der Waals surface area contributed by atoms with Crippen LogP contribution in [0.25, 0.3) is 0 Å². The zero-order valence-corrected chi connectivity index (χ0v) is 7.42. The Morgan fingerprint density at radius 3 is 2.38 bits per heavy atom. The van der Waals surface area contributed by atoms with Gasteiger partial charge in [0, 0.05) is 52.3 Å². The Bertz CT molecular complexity index is 27.7. The Hall–Kier alpha value is 1.25. The van der Waals surface area contributed by atoms with Crippen LogP contribution in [-0.2, 0) is 4.74 Å². The quantitative estimate of drug-likeness (QED) is 0.551. The molecule has 0 rings (SSSR count). The molecule has 0 aliphatic heterocycles. The molecule has 0 aromatic heterocycles. The fourth-order valence-electron chi connectivity index (χ4n) is 0.423. The van der Waals surface area contributed by atoms with Gasteiger partial charge in [-0.15, -0.1) is 0 Å². The SMILES string of the molecule is [CH2-]CCCCOC.[Tb]. The number of hydrogen-bond donors (Lipinski definition) is 0. The van der Waals surface area contributed by atoms with Gasteiger partial charge in [0.05, 0.1) is 0 Å². The number of hydrogen-bond acceptors (Lipinski definition) is 1. The summed E-state index contributed by atoms with van der Waals surface area (Å²) in [5, 5.41) is 0. The molecule has 0 saturated heterocycles. The minimum atomic E-state index is 0. The Labute approximate surface area is 82.6 Å². The van der Waals surface area contributed by atoms with Crippen LogP contribution in [0.3, 0.4) is 0 Å². The summed E-state index contributed by atoms with van der Waals surface area (Å²) in [4.78, 5) is 0. The number of ether oxygens (including phenoxy) is 1. The van der Waals surface area contributed by atoms with Crippen LogP contribution in [-0.4, -0.2) is 13.7 Å². The van der Waals surface area contributed by atoms with Crippen LogP contribution in [0.1, 0.15) is 19.3 Å². The maximum atomic E-state index is 4.82. The molecule has 1 nitrogen and oxygen atoms in total. The molecule has 0 aliphatic carbocycles. The van der Waals surface area contributed by atoms with Crippen LogP contribution in [0.2, 0.25) is 0 Å². The average molecular weight is 260 g/mol. The van der Waals surface area contributed by atoms with Gasteiger partial charge in [-0.05, 0) is 6.42 Å². The van der Waals surface area contributed by atoms with Gasteiger partial charge in [0.2, 0.25) is 0 Å². The van der Waals surface area contributed by atoms with Crippen LogP contribution in [0.15, 0.2) is 0 Å². The van der Waals surface area contributed by atoms with Crippen LogP contribution in [0.4, 0.5) is 0 Å². The van der Waals surface area contributed by atoms with E-state index < -0.39 is 0 Å². The first-order valence-corrected chi connectivity index (χ1v) is 2.70. The van der Waals surface area contributed by atoms with Crippen molar-refractivity contribution in [3.63, 3.8) is 0 Å². The predicted octanol–water partition coefficient (Wildman–Crippen LogP) is 1.64. The summed E-state index contributed by atoms with van der Waals surface area (Å²) >= 11 is 0. The van der Waals surface area contributed by atoms with Gasteiger partial charge in [0.1, 0.15) is 0 Å². The van der Waals surface area contributed by atoms with Gasteiger partial charge < -0.3 is 11.7 Å². The second-order valence-corrected chi connectivity index (χ2v) is 1.55. The molecule has 2 heteroatoms. The van der Waals surface area contributed by atoms with Crippen molar-refractivity contribution < 1.29 is 43.3 Å². The number of rotatable bonds is 4. The van der Waals surface area contributed by atoms with Crippen molar-refractivity contribution in [2.45, 2.75) is 19.3 Å². The third kappa shape index (κ3) is 10.3. The van der Waals surface area contributed by atoms with Crippen molar-refractivity contribution in [3.8, 4) is 0 Å². The van der Waals surface area contributed by atoms with Crippen molar-refractivity contribution in [1.82, 2.24) is 0 Å². The Morgan fingerprint density at radius 2 is 2.00 bits per heavy atom. The molecule has 53 valence electrons. The molecule has 0 fully saturated rings. The predicted molar refractivity (Wildman–Crippen MR) is 31.1 cm³/mol. The van der Waals surface area contributed by atoms with E-state index in [0.717, 1.165) is 19.4 Å². The van der Waals surface area contributed by atoms with E-state index in [-0.39, 0.29) is 38.6 Å². The second kappa shape index (κ2) is 11.1. The van der Waals surface area contributed by atoms with Gasteiger partial charge in [0.15, 0.2) is 0 Å². The molecule has 1 radical (unpaired) electrons. The van der Waals surface area contributed by atoms with E-state index in [4.69, 9.17) is 4.74 Å². The van der Waals surface area contributed by atoms with Crippen LogP contribution >= 0.6 is 0 Å². The van der Waals surface area contributed by atoms with E-state index in [1.54, 1.807) is 7.11 Å². The molecule has 0 amide bonds. The topological polar surface area (TPSA) is 9.23 Å². The maximum absolute atomic E-state index is 4.82. The van der Waals surface area contributed by atoms with Crippen LogP contribution in [0, 0.1) is 45.5 Å². The summed E-state index contributed by atoms with van der Waals surface area (Å²) in [5.74, 6) is 0. The monoisotopic (exact) mass is 260 g/mol. The summed E-state index contributed by atoms with van der Waals surface area (Å²) in [6, 6.07) is 0. The maximum Gasteiger partial charge on any atom is 0.0461 e. The molecule has 0 atom stereocenters. The molecule has 0 aromatic carbocycles. The van der Waals surface area contributed by atoms with E-state index in [1.165, 1.54) is 6.42 Å². The summed E-state index contributed by atoms with van der Waals surface area (Å²) in [6.45, 7) is 4.59. The van der Waals surface area contributed by atoms with Gasteiger partial charge in [-0.1, -0.05) is 6.42 Å². The first-order chi connectivity index (χ1) is 3.41. The van der Waals surface area contributed by atoms with Gasteiger partial charge >= 0.3 is 0 Å². The minimum absolute atomic E-state index is 0. The number of unbranched alkanes of at least 4 members (excludes halogenated alkanes) is 2.